The number of halogens is 2. The van der Waals surface area contributed by atoms with Gasteiger partial charge in [-0.05, 0) is 42.0 Å². The van der Waals surface area contributed by atoms with Crippen molar-refractivity contribution in [1.29, 1.82) is 0 Å². The third-order valence-electron chi connectivity index (χ3n) is 5.21. The minimum Gasteiger partial charge on any atom is -0.355 e. The fourth-order valence-corrected chi connectivity index (χ4v) is 3.84. The fourth-order valence-electron chi connectivity index (χ4n) is 3.62. The van der Waals surface area contributed by atoms with Crippen molar-refractivity contribution in [1.82, 2.24) is 20.1 Å². The van der Waals surface area contributed by atoms with E-state index in [4.69, 9.17) is 11.6 Å². The van der Waals surface area contributed by atoms with Gasteiger partial charge in [0.25, 0.3) is 5.91 Å². The number of aromatic nitrogens is 1. The lowest BCUT2D eigenvalue weighted by Gasteiger charge is -2.41. The molecule has 7 nitrogen and oxygen atoms in total. The van der Waals surface area contributed by atoms with Crippen LogP contribution < -0.4 is 5.32 Å². The van der Waals surface area contributed by atoms with Gasteiger partial charge in [0.1, 0.15) is 11.0 Å². The van der Waals surface area contributed by atoms with Gasteiger partial charge in [-0.3, -0.25) is 14.4 Å². The van der Waals surface area contributed by atoms with Crippen LogP contribution in [0.4, 0.5) is 4.39 Å². The van der Waals surface area contributed by atoms with E-state index in [0.717, 1.165) is 0 Å². The molecule has 3 amide bonds. The van der Waals surface area contributed by atoms with Crippen molar-refractivity contribution in [2.45, 2.75) is 13.0 Å². The highest BCUT2D eigenvalue weighted by Crippen LogP contribution is 2.31. The topological polar surface area (TPSA) is 82.6 Å². The molecule has 2 heterocycles. The van der Waals surface area contributed by atoms with Crippen molar-refractivity contribution >= 4 is 29.3 Å². The van der Waals surface area contributed by atoms with Gasteiger partial charge in [0.15, 0.2) is 0 Å². The standard InChI is InChI=1S/C22H22ClFN4O3/c1-4-21(30)27-7-8-28(13(2)29)19(12-27)15-10-18(26-20(23)11-15)14-5-6-17(24)16(9-14)22(31)25-3/h4-6,9-11,19H,1,7-8,12H2,2-3H3,(H,25,31)/t19-/m0/s1. The Labute approximate surface area is 184 Å². The Morgan fingerprint density at radius 2 is 2.00 bits per heavy atom. The number of hydrogen-bond acceptors (Lipinski definition) is 4. The Morgan fingerprint density at radius 3 is 2.65 bits per heavy atom. The summed E-state index contributed by atoms with van der Waals surface area (Å²) in [4.78, 5) is 43.9. The van der Waals surface area contributed by atoms with Crippen LogP contribution in [0.1, 0.15) is 28.9 Å². The lowest BCUT2D eigenvalue weighted by Crippen LogP contribution is -2.51. The highest BCUT2D eigenvalue weighted by molar-refractivity contribution is 6.29. The van der Waals surface area contributed by atoms with Gasteiger partial charge >= 0.3 is 0 Å². The number of carbonyl (C=O) groups excluding carboxylic acids is 3. The summed E-state index contributed by atoms with van der Waals surface area (Å²) < 4.78 is 14.1. The fraction of sp³-hybridized carbons (Fsp3) is 0.273. The summed E-state index contributed by atoms with van der Waals surface area (Å²) >= 11 is 6.27. The molecule has 1 fully saturated rings. The van der Waals surface area contributed by atoms with Crippen molar-refractivity contribution in [2.75, 3.05) is 26.7 Å². The molecule has 1 N–H and O–H groups in total. The SMILES string of the molecule is C=CC(=O)N1CCN(C(C)=O)[C@H](c2cc(Cl)nc(-c3ccc(F)c(C(=O)NC)c3)c2)C1. The number of pyridine rings is 1. The van der Waals surface area contributed by atoms with Gasteiger partial charge < -0.3 is 15.1 Å². The average molecular weight is 445 g/mol. The zero-order valence-corrected chi connectivity index (χ0v) is 17.9. The normalized spacial score (nSPS) is 16.1. The second-order valence-corrected chi connectivity index (χ2v) is 7.49. The maximum absolute atomic E-state index is 14.1. The molecule has 9 heteroatoms. The number of benzene rings is 1. The summed E-state index contributed by atoms with van der Waals surface area (Å²) in [5.41, 5.74) is 1.47. The minimum atomic E-state index is -0.654. The number of rotatable bonds is 4. The zero-order valence-electron chi connectivity index (χ0n) is 17.2. The van der Waals surface area contributed by atoms with Crippen molar-refractivity contribution in [2.24, 2.45) is 0 Å². The van der Waals surface area contributed by atoms with Crippen molar-refractivity contribution in [3.63, 3.8) is 0 Å². The summed E-state index contributed by atoms with van der Waals surface area (Å²) in [6.45, 7) is 6.04. The maximum atomic E-state index is 14.1. The molecule has 0 aliphatic carbocycles. The third-order valence-corrected chi connectivity index (χ3v) is 5.40. The van der Waals surface area contributed by atoms with E-state index in [1.54, 1.807) is 21.9 Å². The van der Waals surface area contributed by atoms with Gasteiger partial charge in [-0.15, -0.1) is 0 Å². The lowest BCUT2D eigenvalue weighted by atomic mass is 9.99. The highest BCUT2D eigenvalue weighted by atomic mass is 35.5. The van der Waals surface area contributed by atoms with Gasteiger partial charge in [0.05, 0.1) is 17.3 Å². The van der Waals surface area contributed by atoms with Gasteiger partial charge in [-0.1, -0.05) is 18.2 Å². The Bertz CT molecular complexity index is 1060. The van der Waals surface area contributed by atoms with Crippen LogP contribution in [0.5, 0.6) is 0 Å². The monoisotopic (exact) mass is 444 g/mol. The first-order chi connectivity index (χ1) is 14.7. The molecule has 1 atom stereocenters. The molecule has 3 rings (SSSR count). The molecule has 0 saturated carbocycles. The van der Waals surface area contributed by atoms with E-state index in [2.05, 4.69) is 16.9 Å². The lowest BCUT2D eigenvalue weighted by molar-refractivity contribution is -0.139. The van der Waals surface area contributed by atoms with Crippen LogP contribution in [0.2, 0.25) is 5.15 Å². The number of amides is 3. The molecular formula is C22H22ClFN4O3. The van der Waals surface area contributed by atoms with Gasteiger partial charge in [-0.2, -0.15) is 0 Å². The van der Waals surface area contributed by atoms with E-state index in [-0.39, 0.29) is 29.1 Å². The van der Waals surface area contributed by atoms with Crippen LogP contribution in [0.25, 0.3) is 11.3 Å². The summed E-state index contributed by atoms with van der Waals surface area (Å²) in [6.07, 6.45) is 1.24. The van der Waals surface area contributed by atoms with Gasteiger partial charge in [-0.25, -0.2) is 9.37 Å². The number of nitrogens with one attached hydrogen (secondary N) is 1. The molecule has 0 radical (unpaired) electrons. The van der Waals surface area contributed by atoms with Crippen LogP contribution in [0, 0.1) is 5.82 Å². The molecule has 162 valence electrons. The van der Waals surface area contributed by atoms with E-state index in [1.807, 2.05) is 0 Å². The quantitative estimate of drug-likeness (QED) is 0.580. The molecule has 31 heavy (non-hydrogen) atoms. The summed E-state index contributed by atoms with van der Waals surface area (Å²) in [6, 6.07) is 7.02. The maximum Gasteiger partial charge on any atom is 0.254 e. The van der Waals surface area contributed by atoms with Gasteiger partial charge in [0, 0.05) is 39.2 Å². The zero-order chi connectivity index (χ0) is 22.7. The Balaban J connectivity index is 2.05. The molecule has 1 aliphatic heterocycles. The Hall–Kier alpha value is -3.26. The number of carbonyl (C=O) groups is 3. The van der Waals surface area contributed by atoms with Crippen LogP contribution in [0.15, 0.2) is 43.0 Å². The summed E-state index contributed by atoms with van der Waals surface area (Å²) in [5.74, 6) is -1.56. The first-order valence-electron chi connectivity index (χ1n) is 9.63. The third kappa shape index (κ3) is 4.74. The van der Waals surface area contributed by atoms with E-state index in [9.17, 15) is 18.8 Å². The molecule has 2 aromatic rings. The minimum absolute atomic E-state index is 0.117. The van der Waals surface area contributed by atoms with E-state index in [0.29, 0.717) is 29.9 Å². The molecule has 1 saturated heterocycles. The molecule has 0 spiro atoms. The van der Waals surface area contributed by atoms with Crippen LogP contribution in [-0.2, 0) is 9.59 Å². The average Bonchev–Trinajstić information content (AvgIpc) is 2.77. The predicted octanol–water partition coefficient (Wildman–Crippen LogP) is 2.82. The number of hydrogen-bond donors (Lipinski definition) is 1. The molecule has 0 unspecified atom stereocenters. The van der Waals surface area contributed by atoms with Crippen LogP contribution in [0.3, 0.4) is 0 Å². The molecule has 0 bridgehead atoms. The van der Waals surface area contributed by atoms with Crippen LogP contribution >= 0.6 is 11.6 Å². The summed E-state index contributed by atoms with van der Waals surface area (Å²) in [7, 11) is 1.42. The Morgan fingerprint density at radius 1 is 1.26 bits per heavy atom. The number of piperazine rings is 1. The first kappa shape index (κ1) is 22.4. The second-order valence-electron chi connectivity index (χ2n) is 7.10. The van der Waals surface area contributed by atoms with E-state index in [1.165, 1.54) is 38.2 Å². The highest BCUT2D eigenvalue weighted by Gasteiger charge is 2.32. The molecule has 1 aliphatic rings. The first-order valence-corrected chi connectivity index (χ1v) is 10.0. The second kappa shape index (κ2) is 9.26. The summed E-state index contributed by atoms with van der Waals surface area (Å²) in [5, 5.41) is 2.57. The smallest absolute Gasteiger partial charge is 0.254 e. The van der Waals surface area contributed by atoms with Crippen molar-refractivity contribution < 1.29 is 18.8 Å². The largest absolute Gasteiger partial charge is 0.355 e. The van der Waals surface area contributed by atoms with Crippen LogP contribution in [-0.4, -0.2) is 59.2 Å². The molecular weight excluding hydrogens is 423 g/mol. The molecule has 1 aromatic heterocycles. The van der Waals surface area contributed by atoms with E-state index >= 15 is 0 Å². The van der Waals surface area contributed by atoms with E-state index < -0.39 is 17.8 Å². The predicted molar refractivity (Wildman–Crippen MR) is 115 cm³/mol. The molecule has 1 aromatic carbocycles. The van der Waals surface area contributed by atoms with Crippen molar-refractivity contribution in [3.8, 4) is 11.3 Å². The number of nitrogens with zero attached hydrogens (tertiary/aromatic N) is 3. The van der Waals surface area contributed by atoms with Crippen molar-refractivity contribution in [3.05, 3.63) is 65.1 Å². The van der Waals surface area contributed by atoms with Gasteiger partial charge in [0.2, 0.25) is 11.8 Å². The Kier molecular flexibility index (Phi) is 6.70.